The summed E-state index contributed by atoms with van der Waals surface area (Å²) < 4.78 is 27.6. The Kier molecular flexibility index (Phi) is 7.33. The maximum absolute atomic E-state index is 12.2. The van der Waals surface area contributed by atoms with E-state index in [0.29, 0.717) is 28.6 Å². The highest BCUT2D eigenvalue weighted by atomic mass is 32.2. The Morgan fingerprint density at radius 2 is 1.81 bits per heavy atom. The van der Waals surface area contributed by atoms with E-state index in [2.05, 4.69) is 44.7 Å². The van der Waals surface area contributed by atoms with Crippen molar-refractivity contribution < 1.29 is 8.42 Å². The first-order valence-corrected chi connectivity index (χ1v) is 9.84. The Morgan fingerprint density at radius 1 is 1.14 bits per heavy atom. The molecule has 0 fully saturated rings. The molecule has 0 saturated carbocycles. The zero-order valence-electron chi connectivity index (χ0n) is 13.6. The molecule has 0 spiro atoms. The van der Waals surface area contributed by atoms with Crippen molar-refractivity contribution in [2.24, 2.45) is 11.8 Å². The molecule has 0 aromatic carbocycles. The molecule has 1 heterocycles. The second-order valence-electron chi connectivity index (χ2n) is 6.15. The van der Waals surface area contributed by atoms with Crippen LogP contribution >= 0.6 is 11.3 Å². The van der Waals surface area contributed by atoms with Crippen LogP contribution in [0.1, 0.15) is 39.5 Å². The number of hydrogen-bond acceptors (Lipinski definition) is 4. The van der Waals surface area contributed by atoms with Gasteiger partial charge in [-0.3, -0.25) is 0 Å². The molecule has 0 aliphatic rings. The molecule has 0 bridgehead atoms. The largest absolute Gasteiger partial charge is 0.314 e. The van der Waals surface area contributed by atoms with Crippen LogP contribution in [0.5, 0.6) is 0 Å². The van der Waals surface area contributed by atoms with Gasteiger partial charge >= 0.3 is 0 Å². The predicted octanol–water partition coefficient (Wildman–Crippen LogP) is 2.86. The average Bonchev–Trinajstić information content (AvgIpc) is 2.85. The van der Waals surface area contributed by atoms with E-state index in [1.165, 1.54) is 11.3 Å². The summed E-state index contributed by atoms with van der Waals surface area (Å²) in [5, 5.41) is 3.34. The molecule has 0 radical (unpaired) electrons. The molecular formula is C15H28N2O2S2. The van der Waals surface area contributed by atoms with Crippen molar-refractivity contribution in [1.82, 2.24) is 10.0 Å². The van der Waals surface area contributed by atoms with Gasteiger partial charge in [0.15, 0.2) is 0 Å². The van der Waals surface area contributed by atoms with Gasteiger partial charge in [-0.25, -0.2) is 13.1 Å². The third-order valence-corrected chi connectivity index (χ3v) is 6.62. The topological polar surface area (TPSA) is 58.2 Å². The van der Waals surface area contributed by atoms with E-state index in [9.17, 15) is 8.42 Å². The molecule has 0 aliphatic carbocycles. The molecule has 6 heteroatoms. The molecule has 1 aromatic heterocycles. The lowest BCUT2D eigenvalue weighted by Gasteiger charge is -2.15. The van der Waals surface area contributed by atoms with E-state index >= 15 is 0 Å². The average molecular weight is 333 g/mol. The molecule has 4 nitrogen and oxygen atoms in total. The molecule has 0 aliphatic heterocycles. The summed E-state index contributed by atoms with van der Waals surface area (Å²) in [6, 6.07) is 4.07. The molecule has 0 amide bonds. The third kappa shape index (κ3) is 6.46. The predicted molar refractivity (Wildman–Crippen MR) is 90.4 cm³/mol. The monoisotopic (exact) mass is 332 g/mol. The third-order valence-electron chi connectivity index (χ3n) is 3.56. The van der Waals surface area contributed by atoms with E-state index in [0.717, 1.165) is 17.8 Å². The van der Waals surface area contributed by atoms with E-state index in [1.54, 1.807) is 6.07 Å². The molecule has 2 N–H and O–H groups in total. The van der Waals surface area contributed by atoms with Gasteiger partial charge in [0, 0.05) is 24.0 Å². The fourth-order valence-electron chi connectivity index (χ4n) is 1.67. The molecule has 122 valence electrons. The lowest BCUT2D eigenvalue weighted by atomic mass is 9.99. The van der Waals surface area contributed by atoms with Gasteiger partial charge < -0.3 is 5.32 Å². The minimum atomic E-state index is -3.36. The van der Waals surface area contributed by atoms with Crippen LogP contribution < -0.4 is 10.0 Å². The van der Waals surface area contributed by atoms with E-state index in [1.807, 2.05) is 6.07 Å². The summed E-state index contributed by atoms with van der Waals surface area (Å²) in [5.41, 5.74) is 0. The van der Waals surface area contributed by atoms with Crippen molar-refractivity contribution in [2.75, 3.05) is 13.1 Å². The maximum atomic E-state index is 12.2. The first kappa shape index (κ1) is 18.6. The summed E-state index contributed by atoms with van der Waals surface area (Å²) in [6.45, 7) is 11.8. The summed E-state index contributed by atoms with van der Waals surface area (Å²) in [6.07, 6.45) is 0.862. The zero-order valence-corrected chi connectivity index (χ0v) is 15.3. The molecule has 1 aromatic rings. The highest BCUT2D eigenvalue weighted by Crippen LogP contribution is 2.22. The van der Waals surface area contributed by atoms with Gasteiger partial charge in [-0.1, -0.05) is 34.6 Å². The second-order valence-corrected chi connectivity index (χ2v) is 9.31. The molecule has 0 saturated heterocycles. The van der Waals surface area contributed by atoms with Crippen molar-refractivity contribution in [1.29, 1.82) is 0 Å². The quantitative estimate of drug-likeness (QED) is 0.731. The van der Waals surface area contributed by atoms with Crippen molar-refractivity contribution in [3.8, 4) is 0 Å². The maximum Gasteiger partial charge on any atom is 0.250 e. The van der Waals surface area contributed by atoms with Gasteiger partial charge in [0.05, 0.1) is 0 Å². The Labute approximate surface area is 133 Å². The van der Waals surface area contributed by atoms with Gasteiger partial charge in [-0.2, -0.15) is 0 Å². The van der Waals surface area contributed by atoms with Crippen LogP contribution in [0, 0.1) is 11.8 Å². The summed E-state index contributed by atoms with van der Waals surface area (Å²) in [4.78, 5) is 1.10. The molecular weight excluding hydrogens is 304 g/mol. The van der Waals surface area contributed by atoms with Crippen molar-refractivity contribution >= 4 is 21.4 Å². The minimum absolute atomic E-state index is 0.328. The van der Waals surface area contributed by atoms with Gasteiger partial charge in [0.25, 0.3) is 0 Å². The first-order valence-electron chi connectivity index (χ1n) is 7.54. The first-order chi connectivity index (χ1) is 9.72. The minimum Gasteiger partial charge on any atom is -0.314 e. The number of nitrogens with one attached hydrogen (secondary N) is 2. The van der Waals surface area contributed by atoms with Crippen LogP contribution in [0.25, 0.3) is 0 Å². The fourth-order valence-corrected chi connectivity index (χ4v) is 4.21. The van der Waals surface area contributed by atoms with Crippen LogP contribution in [0.15, 0.2) is 16.3 Å². The van der Waals surface area contributed by atoms with E-state index in [-0.39, 0.29) is 0 Å². The van der Waals surface area contributed by atoms with Crippen LogP contribution in [-0.4, -0.2) is 27.5 Å². The van der Waals surface area contributed by atoms with Crippen molar-refractivity contribution in [2.45, 2.75) is 51.3 Å². The van der Waals surface area contributed by atoms with Gasteiger partial charge in [0.1, 0.15) is 4.21 Å². The second kappa shape index (κ2) is 8.27. The van der Waals surface area contributed by atoms with E-state index < -0.39 is 10.0 Å². The molecule has 1 unspecified atom stereocenters. The Hall–Kier alpha value is -0.430. The lowest BCUT2D eigenvalue weighted by Crippen LogP contribution is -2.29. The number of sulfonamides is 1. The van der Waals surface area contributed by atoms with Gasteiger partial charge in [-0.05, 0) is 30.4 Å². The lowest BCUT2D eigenvalue weighted by molar-refractivity contribution is 0.415. The van der Waals surface area contributed by atoms with Crippen LogP contribution in [0.4, 0.5) is 0 Å². The smallest absolute Gasteiger partial charge is 0.250 e. The van der Waals surface area contributed by atoms with Gasteiger partial charge in [-0.15, -0.1) is 11.3 Å². The molecule has 1 rings (SSSR count). The Balaban J connectivity index is 2.57. The van der Waals surface area contributed by atoms with Crippen molar-refractivity contribution in [3.05, 3.63) is 17.0 Å². The summed E-state index contributed by atoms with van der Waals surface area (Å²) in [7, 11) is -3.36. The standard InChI is InChI=1S/C15H28N2O2S2/c1-11(2)13(5)10-17-21(18,19)15-7-6-14(20-15)8-9-16-12(3)4/h6-7,11-13,16-17H,8-10H2,1-5H3. The zero-order chi connectivity index (χ0) is 16.0. The van der Waals surface area contributed by atoms with Crippen LogP contribution in [0.2, 0.25) is 0 Å². The molecule has 1 atom stereocenters. The normalized spacial score (nSPS) is 14.0. The molecule has 21 heavy (non-hydrogen) atoms. The van der Waals surface area contributed by atoms with Crippen LogP contribution in [-0.2, 0) is 16.4 Å². The Morgan fingerprint density at radius 3 is 2.38 bits per heavy atom. The number of hydrogen-bond donors (Lipinski definition) is 2. The summed E-state index contributed by atoms with van der Waals surface area (Å²) in [5.74, 6) is 0.795. The highest BCUT2D eigenvalue weighted by molar-refractivity contribution is 7.91. The summed E-state index contributed by atoms with van der Waals surface area (Å²) >= 11 is 1.36. The number of rotatable bonds is 9. The fraction of sp³-hybridized carbons (Fsp3) is 0.733. The number of thiophene rings is 1. The van der Waals surface area contributed by atoms with Crippen LogP contribution in [0.3, 0.4) is 0 Å². The highest BCUT2D eigenvalue weighted by Gasteiger charge is 2.18. The SMILES string of the molecule is CC(C)NCCc1ccc(S(=O)(=O)NCC(C)C(C)C)s1. The van der Waals surface area contributed by atoms with Crippen molar-refractivity contribution in [3.63, 3.8) is 0 Å². The van der Waals surface area contributed by atoms with Gasteiger partial charge in [0.2, 0.25) is 10.0 Å². The Bertz CT molecular complexity index is 522. The van der Waals surface area contributed by atoms with E-state index in [4.69, 9.17) is 0 Å².